The molecule has 28 heavy (non-hydrogen) atoms. The Bertz CT molecular complexity index is 982. The number of carbonyl (C=O) groups excluding carboxylic acids is 1. The molecule has 0 aliphatic carbocycles. The fraction of sp³-hybridized carbons (Fsp3) is 0.318. The highest BCUT2D eigenvalue weighted by Gasteiger charge is 2.32. The molecule has 0 spiro atoms. The number of hydrogen-bond acceptors (Lipinski definition) is 5. The maximum Gasteiger partial charge on any atom is 0.276 e. The van der Waals surface area contributed by atoms with Crippen molar-refractivity contribution in [3.05, 3.63) is 77.3 Å². The number of nitrogens with zero attached hydrogens (tertiary/aromatic N) is 3. The van der Waals surface area contributed by atoms with Gasteiger partial charge in [0, 0.05) is 31.1 Å². The van der Waals surface area contributed by atoms with Gasteiger partial charge in [-0.3, -0.25) is 9.78 Å². The number of para-hydroxylation sites is 1. The number of hydrogen-bond donors (Lipinski definition) is 0. The fourth-order valence-electron chi connectivity index (χ4n) is 3.75. The van der Waals surface area contributed by atoms with E-state index >= 15 is 0 Å². The number of pyridine rings is 1. The third-order valence-electron chi connectivity index (χ3n) is 5.09. The van der Waals surface area contributed by atoms with Gasteiger partial charge in [-0.15, -0.1) is 0 Å². The Balaban J connectivity index is 1.57. The van der Waals surface area contributed by atoms with Crippen LogP contribution in [0.1, 0.15) is 52.2 Å². The Hall–Kier alpha value is -3.15. The van der Waals surface area contributed by atoms with Gasteiger partial charge in [-0.2, -0.15) is 0 Å². The van der Waals surface area contributed by atoms with E-state index < -0.39 is 0 Å². The summed E-state index contributed by atoms with van der Waals surface area (Å²) in [6.07, 6.45) is 3.96. The van der Waals surface area contributed by atoms with Gasteiger partial charge >= 0.3 is 0 Å². The Morgan fingerprint density at radius 3 is 2.86 bits per heavy atom. The second kappa shape index (κ2) is 7.84. The highest BCUT2D eigenvalue weighted by molar-refractivity contribution is 5.92. The van der Waals surface area contributed by atoms with Gasteiger partial charge in [0.05, 0.1) is 18.8 Å². The number of aromatic nitrogens is 2. The van der Waals surface area contributed by atoms with Crippen molar-refractivity contribution >= 4 is 5.91 Å². The number of aryl methyl sites for hydroxylation is 1. The SMILES string of the molecule is COc1ccccc1Cc1cccc(C2CCCN2C(=O)c2coc(C)n2)n1. The van der Waals surface area contributed by atoms with Crippen molar-refractivity contribution < 1.29 is 13.9 Å². The quantitative estimate of drug-likeness (QED) is 0.673. The third kappa shape index (κ3) is 3.63. The smallest absolute Gasteiger partial charge is 0.276 e. The molecule has 144 valence electrons. The minimum absolute atomic E-state index is 0.0397. The van der Waals surface area contributed by atoms with Crippen LogP contribution in [0, 0.1) is 6.92 Å². The molecule has 4 rings (SSSR count). The molecule has 1 amide bonds. The standard InChI is InChI=1S/C22H23N3O3/c1-15-23-19(14-28-15)22(26)25-12-6-10-20(25)18-9-5-8-17(24-18)13-16-7-3-4-11-21(16)27-2/h3-5,7-9,11,14,20H,6,10,12-13H2,1-2H3. The maximum absolute atomic E-state index is 12.9. The fourth-order valence-corrected chi connectivity index (χ4v) is 3.75. The van der Waals surface area contributed by atoms with Crippen molar-refractivity contribution in [2.75, 3.05) is 13.7 Å². The van der Waals surface area contributed by atoms with Crippen LogP contribution in [0.3, 0.4) is 0 Å². The summed E-state index contributed by atoms with van der Waals surface area (Å²) in [6, 6.07) is 13.9. The predicted octanol–water partition coefficient (Wildman–Crippen LogP) is 3.95. The average molecular weight is 377 g/mol. The van der Waals surface area contributed by atoms with Gasteiger partial charge < -0.3 is 14.1 Å². The summed E-state index contributed by atoms with van der Waals surface area (Å²) in [5.41, 5.74) is 3.32. The van der Waals surface area contributed by atoms with Crippen LogP contribution in [0.15, 0.2) is 53.1 Å². The van der Waals surface area contributed by atoms with E-state index in [-0.39, 0.29) is 11.9 Å². The first-order valence-electron chi connectivity index (χ1n) is 9.46. The molecule has 6 heteroatoms. The zero-order chi connectivity index (χ0) is 19.5. The first-order valence-corrected chi connectivity index (χ1v) is 9.46. The molecule has 3 aromatic rings. The molecular weight excluding hydrogens is 354 g/mol. The van der Waals surface area contributed by atoms with Crippen molar-refractivity contribution in [2.24, 2.45) is 0 Å². The highest BCUT2D eigenvalue weighted by Crippen LogP contribution is 2.32. The number of benzene rings is 1. The maximum atomic E-state index is 12.9. The lowest BCUT2D eigenvalue weighted by Gasteiger charge is -2.23. The molecule has 0 bridgehead atoms. The molecule has 1 saturated heterocycles. The number of likely N-dealkylation sites (tertiary alicyclic amines) is 1. The highest BCUT2D eigenvalue weighted by atomic mass is 16.5. The van der Waals surface area contributed by atoms with Crippen LogP contribution >= 0.6 is 0 Å². The summed E-state index contributed by atoms with van der Waals surface area (Å²) in [7, 11) is 1.68. The largest absolute Gasteiger partial charge is 0.496 e. The van der Waals surface area contributed by atoms with Gasteiger partial charge in [-0.05, 0) is 31.0 Å². The van der Waals surface area contributed by atoms with Crippen LogP contribution in [0.2, 0.25) is 0 Å². The van der Waals surface area contributed by atoms with Crippen molar-refractivity contribution in [1.82, 2.24) is 14.9 Å². The molecule has 0 N–H and O–H groups in total. The summed E-state index contributed by atoms with van der Waals surface area (Å²) in [6.45, 7) is 2.44. The normalized spacial score (nSPS) is 16.4. The van der Waals surface area contributed by atoms with Crippen molar-refractivity contribution in [1.29, 1.82) is 0 Å². The van der Waals surface area contributed by atoms with Gasteiger partial charge in [0.1, 0.15) is 12.0 Å². The van der Waals surface area contributed by atoms with Gasteiger partial charge in [0.25, 0.3) is 5.91 Å². The first-order chi connectivity index (χ1) is 13.7. The van der Waals surface area contributed by atoms with Gasteiger partial charge in [0.15, 0.2) is 11.6 Å². The zero-order valence-corrected chi connectivity index (χ0v) is 16.1. The molecule has 1 aliphatic rings. The molecule has 0 radical (unpaired) electrons. The first kappa shape index (κ1) is 18.2. The Labute approximate surface area is 164 Å². The number of amides is 1. The molecule has 6 nitrogen and oxygen atoms in total. The van der Waals surface area contributed by atoms with E-state index in [1.54, 1.807) is 14.0 Å². The molecule has 2 aromatic heterocycles. The van der Waals surface area contributed by atoms with Crippen LogP contribution in [-0.4, -0.2) is 34.4 Å². The van der Waals surface area contributed by atoms with Crippen LogP contribution in [-0.2, 0) is 6.42 Å². The molecule has 0 saturated carbocycles. The number of methoxy groups -OCH3 is 1. The monoisotopic (exact) mass is 377 g/mol. The van der Waals surface area contributed by atoms with Crippen LogP contribution in [0.4, 0.5) is 0 Å². The zero-order valence-electron chi connectivity index (χ0n) is 16.1. The number of carbonyl (C=O) groups is 1. The summed E-state index contributed by atoms with van der Waals surface area (Å²) in [5, 5.41) is 0. The summed E-state index contributed by atoms with van der Waals surface area (Å²) < 4.78 is 10.7. The topological polar surface area (TPSA) is 68.5 Å². The summed E-state index contributed by atoms with van der Waals surface area (Å²) >= 11 is 0. The molecular formula is C22H23N3O3. The van der Waals surface area contributed by atoms with E-state index in [9.17, 15) is 4.79 Å². The van der Waals surface area contributed by atoms with E-state index in [1.807, 2.05) is 47.4 Å². The lowest BCUT2D eigenvalue weighted by Crippen LogP contribution is -2.31. The second-order valence-corrected chi connectivity index (χ2v) is 6.95. The van der Waals surface area contributed by atoms with Gasteiger partial charge in [-0.1, -0.05) is 24.3 Å². The second-order valence-electron chi connectivity index (χ2n) is 6.95. The lowest BCUT2D eigenvalue weighted by atomic mass is 10.1. The van der Waals surface area contributed by atoms with Crippen LogP contribution in [0.5, 0.6) is 5.75 Å². The number of oxazole rings is 1. The van der Waals surface area contributed by atoms with Crippen LogP contribution in [0.25, 0.3) is 0 Å². The Morgan fingerprint density at radius 2 is 2.07 bits per heavy atom. The predicted molar refractivity (Wildman–Crippen MR) is 104 cm³/mol. The molecule has 1 atom stereocenters. The van der Waals surface area contributed by atoms with E-state index in [2.05, 4.69) is 4.98 Å². The van der Waals surface area contributed by atoms with E-state index in [4.69, 9.17) is 14.1 Å². The number of rotatable bonds is 5. The van der Waals surface area contributed by atoms with Crippen molar-refractivity contribution in [3.63, 3.8) is 0 Å². The minimum Gasteiger partial charge on any atom is -0.496 e. The Morgan fingerprint density at radius 1 is 1.21 bits per heavy atom. The Kier molecular flexibility index (Phi) is 5.10. The number of ether oxygens (including phenoxy) is 1. The van der Waals surface area contributed by atoms with Crippen LogP contribution < -0.4 is 4.74 Å². The van der Waals surface area contributed by atoms with E-state index in [0.717, 1.165) is 35.5 Å². The van der Waals surface area contributed by atoms with Crippen molar-refractivity contribution in [3.8, 4) is 5.75 Å². The van der Waals surface area contributed by atoms with E-state index in [1.165, 1.54) is 6.26 Å². The lowest BCUT2D eigenvalue weighted by molar-refractivity contribution is 0.0726. The minimum atomic E-state index is -0.101. The summed E-state index contributed by atoms with van der Waals surface area (Å²) in [5.74, 6) is 1.25. The van der Waals surface area contributed by atoms with Gasteiger partial charge in [-0.25, -0.2) is 4.98 Å². The van der Waals surface area contributed by atoms with Crippen molar-refractivity contribution in [2.45, 2.75) is 32.2 Å². The molecule has 1 unspecified atom stereocenters. The van der Waals surface area contributed by atoms with E-state index in [0.29, 0.717) is 24.6 Å². The molecule has 1 aliphatic heterocycles. The molecule has 1 aromatic carbocycles. The van der Waals surface area contributed by atoms with Gasteiger partial charge in [0.2, 0.25) is 0 Å². The summed E-state index contributed by atoms with van der Waals surface area (Å²) in [4.78, 5) is 23.8. The molecule has 1 fully saturated rings. The average Bonchev–Trinajstić information content (AvgIpc) is 3.37. The third-order valence-corrected chi connectivity index (χ3v) is 5.09. The molecule has 3 heterocycles.